The zero-order valence-corrected chi connectivity index (χ0v) is 23.1. The zero-order chi connectivity index (χ0) is 28.2. The Morgan fingerprint density at radius 2 is 1.31 bits per heavy atom. The van der Waals surface area contributed by atoms with E-state index < -0.39 is 26.0 Å². The molecule has 0 spiro atoms. The second kappa shape index (κ2) is 11.2. The molecule has 0 fully saturated rings. The summed E-state index contributed by atoms with van der Waals surface area (Å²) in [5, 5.41) is 2.72. The fourth-order valence-corrected chi connectivity index (χ4v) is 6.02. The number of amides is 1. The molecule has 0 aliphatic heterocycles. The van der Waals surface area contributed by atoms with Crippen LogP contribution in [0.2, 0.25) is 0 Å². The maximum atomic E-state index is 13.0. The lowest BCUT2D eigenvalue weighted by Crippen LogP contribution is -2.17. The van der Waals surface area contributed by atoms with E-state index in [4.69, 9.17) is 4.74 Å². The normalized spacial score (nSPS) is 11.5. The Kier molecular flexibility index (Phi) is 7.93. The van der Waals surface area contributed by atoms with Gasteiger partial charge in [-0.2, -0.15) is 0 Å². The molecule has 0 radical (unpaired) electrons. The monoisotopic (exact) mass is 565 g/mol. The molecule has 1 amide bonds. The van der Waals surface area contributed by atoms with E-state index in [1.165, 1.54) is 43.5 Å². The summed E-state index contributed by atoms with van der Waals surface area (Å²) in [6.07, 6.45) is 0. The van der Waals surface area contributed by atoms with Crippen LogP contribution in [0.3, 0.4) is 0 Å². The van der Waals surface area contributed by atoms with Crippen molar-refractivity contribution in [2.45, 2.75) is 23.6 Å². The maximum Gasteiger partial charge on any atom is 0.262 e. The molecule has 0 aromatic heterocycles. The highest BCUT2D eigenvalue weighted by atomic mass is 32.2. The highest BCUT2D eigenvalue weighted by Gasteiger charge is 2.19. The summed E-state index contributed by atoms with van der Waals surface area (Å²) in [5.41, 5.74) is 2.50. The molecule has 4 aromatic carbocycles. The minimum absolute atomic E-state index is 0.00226. The number of aryl methyl sites for hydroxylation is 1. The first-order chi connectivity index (χ1) is 18.5. The fourth-order valence-electron chi connectivity index (χ4n) is 3.82. The standard InChI is InChI=1S/C28H27N3O6S2/c1-19-12-17-27(37-3)26(18-19)31-39(35,36)23-15-13-21(14-16-23)29-28(32)24-10-7-11-25(20(24)2)30-38(33,34)22-8-5-4-6-9-22/h4-18,30-31H,1-3H3,(H,29,32). The molecule has 0 atom stereocenters. The Morgan fingerprint density at radius 1 is 0.692 bits per heavy atom. The topological polar surface area (TPSA) is 131 Å². The summed E-state index contributed by atoms with van der Waals surface area (Å²) < 4.78 is 61.6. The van der Waals surface area contributed by atoms with Crippen molar-refractivity contribution in [1.82, 2.24) is 0 Å². The first-order valence-corrected chi connectivity index (χ1v) is 14.7. The van der Waals surface area contributed by atoms with Crippen LogP contribution in [0.1, 0.15) is 21.5 Å². The molecule has 4 aromatic rings. The van der Waals surface area contributed by atoms with E-state index in [0.717, 1.165) is 5.56 Å². The quantitative estimate of drug-likeness (QED) is 0.257. The van der Waals surface area contributed by atoms with Crippen molar-refractivity contribution in [1.29, 1.82) is 0 Å². The van der Waals surface area contributed by atoms with Crippen molar-refractivity contribution in [3.8, 4) is 5.75 Å². The zero-order valence-electron chi connectivity index (χ0n) is 21.4. The fraction of sp³-hybridized carbons (Fsp3) is 0.107. The van der Waals surface area contributed by atoms with Gasteiger partial charge in [0.05, 0.1) is 28.3 Å². The van der Waals surface area contributed by atoms with Gasteiger partial charge in [-0.25, -0.2) is 16.8 Å². The molecular weight excluding hydrogens is 538 g/mol. The molecule has 0 unspecified atom stereocenters. The summed E-state index contributed by atoms with van der Waals surface area (Å²) in [6, 6.07) is 23.5. The largest absolute Gasteiger partial charge is 0.495 e. The molecule has 39 heavy (non-hydrogen) atoms. The molecule has 11 heteroatoms. The highest BCUT2D eigenvalue weighted by Crippen LogP contribution is 2.28. The third kappa shape index (κ3) is 6.39. The van der Waals surface area contributed by atoms with Crippen molar-refractivity contribution >= 4 is 43.0 Å². The number of hydrogen-bond acceptors (Lipinski definition) is 6. The van der Waals surface area contributed by atoms with Crippen LogP contribution in [0.25, 0.3) is 0 Å². The van der Waals surface area contributed by atoms with Crippen LogP contribution >= 0.6 is 0 Å². The van der Waals surface area contributed by atoms with Crippen molar-refractivity contribution in [2.24, 2.45) is 0 Å². The van der Waals surface area contributed by atoms with E-state index in [0.29, 0.717) is 22.7 Å². The second-order valence-electron chi connectivity index (χ2n) is 8.68. The predicted octanol–water partition coefficient (Wildman–Crippen LogP) is 5.17. The molecule has 3 N–H and O–H groups in total. The molecule has 0 heterocycles. The summed E-state index contributed by atoms with van der Waals surface area (Å²) in [6.45, 7) is 3.48. The van der Waals surface area contributed by atoms with Crippen LogP contribution in [-0.2, 0) is 20.0 Å². The Bertz CT molecular complexity index is 1720. The van der Waals surface area contributed by atoms with Crippen LogP contribution in [0, 0.1) is 13.8 Å². The molecule has 0 bridgehead atoms. The third-order valence-corrected chi connectivity index (χ3v) is 8.66. The van der Waals surface area contributed by atoms with Crippen LogP contribution in [0.15, 0.2) is 101 Å². The Balaban J connectivity index is 1.50. The molecular formula is C28H27N3O6S2. The molecule has 0 saturated carbocycles. The van der Waals surface area contributed by atoms with Gasteiger partial charge in [0, 0.05) is 11.3 Å². The van der Waals surface area contributed by atoms with Crippen LogP contribution in [0.5, 0.6) is 5.75 Å². The van der Waals surface area contributed by atoms with Gasteiger partial charge < -0.3 is 10.1 Å². The minimum atomic E-state index is -3.92. The minimum Gasteiger partial charge on any atom is -0.495 e. The molecule has 0 aliphatic rings. The van der Waals surface area contributed by atoms with E-state index in [-0.39, 0.29) is 21.0 Å². The van der Waals surface area contributed by atoms with Crippen molar-refractivity contribution in [2.75, 3.05) is 21.9 Å². The average molecular weight is 566 g/mol. The molecule has 202 valence electrons. The Labute approximate surface area is 228 Å². The summed E-state index contributed by atoms with van der Waals surface area (Å²) >= 11 is 0. The third-order valence-electron chi connectivity index (χ3n) is 5.90. The molecule has 0 saturated heterocycles. The second-order valence-corrected chi connectivity index (χ2v) is 12.0. The van der Waals surface area contributed by atoms with Gasteiger partial charge in [0.2, 0.25) is 0 Å². The van der Waals surface area contributed by atoms with E-state index in [2.05, 4.69) is 14.8 Å². The Morgan fingerprint density at radius 3 is 1.95 bits per heavy atom. The maximum absolute atomic E-state index is 13.0. The van der Waals surface area contributed by atoms with E-state index >= 15 is 0 Å². The number of rotatable bonds is 9. The van der Waals surface area contributed by atoms with Gasteiger partial charge in [-0.15, -0.1) is 0 Å². The Hall–Kier alpha value is -4.35. The number of nitrogens with one attached hydrogen (secondary N) is 3. The lowest BCUT2D eigenvalue weighted by Gasteiger charge is -2.14. The summed E-state index contributed by atoms with van der Waals surface area (Å²) in [4.78, 5) is 13.1. The first kappa shape index (κ1) is 27.7. The number of benzene rings is 4. The number of sulfonamides is 2. The predicted molar refractivity (Wildman–Crippen MR) is 151 cm³/mol. The summed E-state index contributed by atoms with van der Waals surface area (Å²) in [7, 11) is -6.30. The summed E-state index contributed by atoms with van der Waals surface area (Å²) in [5.74, 6) is -0.0943. The van der Waals surface area contributed by atoms with Gasteiger partial charge >= 0.3 is 0 Å². The number of methoxy groups -OCH3 is 1. The number of ether oxygens (including phenoxy) is 1. The van der Waals surface area contributed by atoms with Gasteiger partial charge in [-0.05, 0) is 85.6 Å². The van der Waals surface area contributed by atoms with Crippen molar-refractivity contribution < 1.29 is 26.4 Å². The number of hydrogen-bond donors (Lipinski definition) is 3. The van der Waals surface area contributed by atoms with E-state index in [1.807, 2.05) is 13.0 Å². The van der Waals surface area contributed by atoms with Gasteiger partial charge in [0.25, 0.3) is 26.0 Å². The smallest absolute Gasteiger partial charge is 0.262 e. The van der Waals surface area contributed by atoms with Gasteiger partial charge in [-0.1, -0.05) is 30.3 Å². The first-order valence-electron chi connectivity index (χ1n) is 11.8. The highest BCUT2D eigenvalue weighted by molar-refractivity contribution is 7.93. The van der Waals surface area contributed by atoms with Gasteiger partial charge in [0.1, 0.15) is 5.75 Å². The molecule has 9 nitrogen and oxygen atoms in total. The van der Waals surface area contributed by atoms with Crippen LogP contribution in [-0.4, -0.2) is 29.9 Å². The van der Waals surface area contributed by atoms with Crippen LogP contribution in [0.4, 0.5) is 17.1 Å². The van der Waals surface area contributed by atoms with Gasteiger partial charge in [-0.3, -0.25) is 14.2 Å². The number of carbonyl (C=O) groups is 1. The van der Waals surface area contributed by atoms with Crippen molar-refractivity contribution in [3.63, 3.8) is 0 Å². The lowest BCUT2D eigenvalue weighted by atomic mass is 10.1. The van der Waals surface area contributed by atoms with Crippen LogP contribution < -0.4 is 19.5 Å². The molecule has 4 rings (SSSR count). The van der Waals surface area contributed by atoms with Gasteiger partial charge in [0.15, 0.2) is 0 Å². The molecule has 0 aliphatic carbocycles. The lowest BCUT2D eigenvalue weighted by molar-refractivity contribution is 0.102. The number of anilines is 3. The van der Waals surface area contributed by atoms with E-state index in [1.54, 1.807) is 55.5 Å². The number of carbonyl (C=O) groups excluding carboxylic acids is 1. The SMILES string of the molecule is COc1ccc(C)cc1NS(=O)(=O)c1ccc(NC(=O)c2cccc(NS(=O)(=O)c3ccccc3)c2C)cc1. The average Bonchev–Trinajstić information content (AvgIpc) is 2.90. The van der Waals surface area contributed by atoms with E-state index in [9.17, 15) is 21.6 Å². The van der Waals surface area contributed by atoms with Crippen molar-refractivity contribution in [3.05, 3.63) is 108 Å².